The first-order valence-corrected chi connectivity index (χ1v) is 6.96. The van der Waals surface area contributed by atoms with E-state index in [-0.39, 0.29) is 5.75 Å². The molecule has 15 heavy (non-hydrogen) atoms. The molecule has 0 aliphatic carbocycles. The zero-order chi connectivity index (χ0) is 11.1. The van der Waals surface area contributed by atoms with Crippen molar-refractivity contribution >= 4 is 37.3 Å². The molecule has 1 heterocycles. The number of nitrogens with zero attached hydrogens (tertiary/aromatic N) is 1. The molecule has 0 aromatic heterocycles. The van der Waals surface area contributed by atoms with Gasteiger partial charge in [0, 0.05) is 16.7 Å². The molecule has 6 heteroatoms. The Hall–Kier alpha value is -0.750. The van der Waals surface area contributed by atoms with E-state index in [4.69, 9.17) is 5.73 Å². The smallest absolute Gasteiger partial charge is 0.235 e. The normalized spacial score (nSPS) is 19.4. The van der Waals surface area contributed by atoms with E-state index in [0.29, 0.717) is 24.3 Å². The number of benzene rings is 1. The predicted octanol–water partition coefficient (Wildman–Crippen LogP) is 1.57. The molecule has 82 valence electrons. The van der Waals surface area contributed by atoms with Gasteiger partial charge in [-0.1, -0.05) is 0 Å². The van der Waals surface area contributed by atoms with Gasteiger partial charge in [-0.25, -0.2) is 8.42 Å². The number of hydrogen-bond acceptors (Lipinski definition) is 3. The van der Waals surface area contributed by atoms with E-state index >= 15 is 0 Å². The Bertz CT molecular complexity index is 487. The third-order valence-corrected chi connectivity index (χ3v) is 4.93. The number of anilines is 2. The van der Waals surface area contributed by atoms with Crippen LogP contribution in [0.2, 0.25) is 0 Å². The van der Waals surface area contributed by atoms with Gasteiger partial charge in [-0.2, -0.15) is 0 Å². The third-order valence-electron chi connectivity index (χ3n) is 2.37. The van der Waals surface area contributed by atoms with Crippen LogP contribution in [0.4, 0.5) is 11.4 Å². The van der Waals surface area contributed by atoms with E-state index in [1.165, 1.54) is 4.31 Å². The molecule has 0 radical (unpaired) electrons. The van der Waals surface area contributed by atoms with Crippen molar-refractivity contribution in [2.24, 2.45) is 0 Å². The van der Waals surface area contributed by atoms with Crippen LogP contribution in [0.3, 0.4) is 0 Å². The summed E-state index contributed by atoms with van der Waals surface area (Å²) in [5.74, 6) is 0.231. The maximum Gasteiger partial charge on any atom is 0.235 e. The second kappa shape index (κ2) is 3.68. The number of nitrogens with two attached hydrogens (primary N) is 1. The lowest BCUT2D eigenvalue weighted by Crippen LogP contribution is -2.25. The topological polar surface area (TPSA) is 63.4 Å². The van der Waals surface area contributed by atoms with Crippen LogP contribution in [-0.4, -0.2) is 20.7 Å². The van der Waals surface area contributed by atoms with Crippen LogP contribution in [-0.2, 0) is 10.0 Å². The van der Waals surface area contributed by atoms with Crippen molar-refractivity contribution in [1.82, 2.24) is 0 Å². The van der Waals surface area contributed by atoms with Crippen molar-refractivity contribution in [1.29, 1.82) is 0 Å². The highest BCUT2D eigenvalue weighted by molar-refractivity contribution is 9.10. The monoisotopic (exact) mass is 290 g/mol. The maximum atomic E-state index is 11.6. The minimum absolute atomic E-state index is 0.231. The number of nitrogen functional groups attached to an aromatic ring is 1. The Balaban J connectivity index is 2.42. The third kappa shape index (κ3) is 1.96. The predicted molar refractivity (Wildman–Crippen MR) is 64.3 cm³/mol. The number of rotatable bonds is 1. The highest BCUT2D eigenvalue weighted by Crippen LogP contribution is 2.29. The summed E-state index contributed by atoms with van der Waals surface area (Å²) in [7, 11) is -3.10. The molecule has 1 aromatic carbocycles. The van der Waals surface area contributed by atoms with Crippen LogP contribution in [0, 0.1) is 0 Å². The summed E-state index contributed by atoms with van der Waals surface area (Å²) in [6.07, 6.45) is 0.685. The maximum absolute atomic E-state index is 11.6. The molecule has 1 aromatic rings. The highest BCUT2D eigenvalue weighted by atomic mass is 79.9. The minimum atomic E-state index is -3.10. The molecular weight excluding hydrogens is 280 g/mol. The van der Waals surface area contributed by atoms with Crippen molar-refractivity contribution in [3.8, 4) is 0 Å². The molecule has 1 aliphatic heterocycles. The lowest BCUT2D eigenvalue weighted by atomic mass is 10.3. The van der Waals surface area contributed by atoms with Crippen molar-refractivity contribution in [3.63, 3.8) is 0 Å². The fourth-order valence-corrected chi connectivity index (χ4v) is 3.52. The lowest BCUT2D eigenvalue weighted by molar-refractivity contribution is 0.599. The molecule has 0 amide bonds. The van der Waals surface area contributed by atoms with Gasteiger partial charge >= 0.3 is 0 Å². The molecule has 4 nitrogen and oxygen atoms in total. The Morgan fingerprint density at radius 2 is 2.13 bits per heavy atom. The molecule has 0 spiro atoms. The van der Waals surface area contributed by atoms with Gasteiger partial charge < -0.3 is 5.73 Å². The first-order chi connectivity index (χ1) is 7.00. The van der Waals surface area contributed by atoms with Crippen molar-refractivity contribution < 1.29 is 8.42 Å². The van der Waals surface area contributed by atoms with Crippen LogP contribution in [0.25, 0.3) is 0 Å². The Labute approximate surface area is 97.2 Å². The number of sulfonamides is 1. The van der Waals surface area contributed by atoms with E-state index in [2.05, 4.69) is 15.9 Å². The van der Waals surface area contributed by atoms with Gasteiger partial charge in [0.1, 0.15) is 0 Å². The van der Waals surface area contributed by atoms with Crippen LogP contribution >= 0.6 is 15.9 Å². The highest BCUT2D eigenvalue weighted by Gasteiger charge is 2.28. The fraction of sp³-hybridized carbons (Fsp3) is 0.333. The van der Waals surface area contributed by atoms with E-state index in [0.717, 1.165) is 4.47 Å². The quantitative estimate of drug-likeness (QED) is 0.799. The number of halogens is 1. The first-order valence-electron chi connectivity index (χ1n) is 4.56. The average Bonchev–Trinajstić information content (AvgIpc) is 2.50. The minimum Gasteiger partial charge on any atom is -0.398 e. The largest absolute Gasteiger partial charge is 0.398 e. The molecule has 0 unspecified atom stereocenters. The fourth-order valence-electron chi connectivity index (χ4n) is 1.60. The second-order valence-electron chi connectivity index (χ2n) is 3.45. The summed E-state index contributed by atoms with van der Waals surface area (Å²) in [6.45, 7) is 0.554. The van der Waals surface area contributed by atoms with Gasteiger partial charge in [0.05, 0.1) is 11.4 Å². The lowest BCUT2D eigenvalue weighted by Gasteiger charge is -2.17. The van der Waals surface area contributed by atoms with Gasteiger partial charge in [-0.05, 0) is 40.5 Å². The van der Waals surface area contributed by atoms with Crippen LogP contribution < -0.4 is 10.0 Å². The molecule has 1 saturated heterocycles. The van der Waals surface area contributed by atoms with Gasteiger partial charge in [0.15, 0.2) is 0 Å². The van der Waals surface area contributed by atoms with Gasteiger partial charge in [-0.15, -0.1) is 0 Å². The van der Waals surface area contributed by atoms with Gasteiger partial charge in [0.2, 0.25) is 10.0 Å². The molecule has 2 N–H and O–H groups in total. The van der Waals surface area contributed by atoms with Crippen molar-refractivity contribution in [3.05, 3.63) is 22.7 Å². The molecule has 1 fully saturated rings. The SMILES string of the molecule is Nc1ccc(N2CCCS2(=O)=O)cc1Br. The van der Waals surface area contributed by atoms with E-state index in [9.17, 15) is 8.42 Å². The summed E-state index contributed by atoms with van der Waals surface area (Å²) in [5.41, 5.74) is 6.92. The Morgan fingerprint density at radius 1 is 1.40 bits per heavy atom. The van der Waals surface area contributed by atoms with E-state index in [1.807, 2.05) is 0 Å². The zero-order valence-corrected chi connectivity index (χ0v) is 10.4. The van der Waals surface area contributed by atoms with Crippen molar-refractivity contribution in [2.45, 2.75) is 6.42 Å². The summed E-state index contributed by atoms with van der Waals surface area (Å²) >= 11 is 3.28. The molecule has 1 aliphatic rings. The van der Waals surface area contributed by atoms with Crippen LogP contribution in [0.1, 0.15) is 6.42 Å². The summed E-state index contributed by atoms with van der Waals surface area (Å²) in [5, 5.41) is 0. The first kappa shape index (κ1) is 10.8. The summed E-state index contributed by atoms with van der Waals surface area (Å²) in [4.78, 5) is 0. The molecule has 0 bridgehead atoms. The molecule has 0 atom stereocenters. The summed E-state index contributed by atoms with van der Waals surface area (Å²) < 4.78 is 25.4. The second-order valence-corrected chi connectivity index (χ2v) is 6.31. The van der Waals surface area contributed by atoms with Crippen LogP contribution in [0.15, 0.2) is 22.7 Å². The Morgan fingerprint density at radius 3 is 2.67 bits per heavy atom. The summed E-state index contributed by atoms with van der Waals surface area (Å²) in [6, 6.07) is 5.16. The van der Waals surface area contributed by atoms with E-state index < -0.39 is 10.0 Å². The molecular formula is C9H11BrN2O2S. The van der Waals surface area contributed by atoms with Gasteiger partial charge in [-0.3, -0.25) is 4.31 Å². The van der Waals surface area contributed by atoms with Crippen molar-refractivity contribution in [2.75, 3.05) is 22.3 Å². The average molecular weight is 291 g/mol. The number of hydrogen-bond donors (Lipinski definition) is 1. The molecule has 2 rings (SSSR count). The van der Waals surface area contributed by atoms with Gasteiger partial charge in [0.25, 0.3) is 0 Å². The van der Waals surface area contributed by atoms with Crippen LogP contribution in [0.5, 0.6) is 0 Å². The molecule has 0 saturated carbocycles. The standard InChI is InChI=1S/C9H11BrN2O2S/c10-8-6-7(2-3-9(8)11)12-4-1-5-15(12,13)14/h2-3,6H,1,4-5,11H2. The van der Waals surface area contributed by atoms with E-state index in [1.54, 1.807) is 18.2 Å². The Kier molecular flexibility index (Phi) is 2.64. The zero-order valence-electron chi connectivity index (χ0n) is 7.98.